The van der Waals surface area contributed by atoms with Crippen LogP contribution in [0.5, 0.6) is 0 Å². The fraction of sp³-hybridized carbons (Fsp3) is 0.522. The molecule has 1 N–H and O–H groups in total. The lowest BCUT2D eigenvalue weighted by atomic mass is 9.89. The van der Waals surface area contributed by atoms with E-state index < -0.39 is 0 Å². The summed E-state index contributed by atoms with van der Waals surface area (Å²) in [7, 11) is 0. The molecule has 31 heavy (non-hydrogen) atoms. The Morgan fingerprint density at radius 2 is 2.26 bits per heavy atom. The molecule has 4 rings (SSSR count). The first kappa shape index (κ1) is 22.1. The fourth-order valence-electron chi connectivity index (χ4n) is 3.84. The minimum Gasteiger partial charge on any atom is -0.467 e. The number of carbonyl (C=O) groups is 1. The van der Waals surface area contributed by atoms with Crippen LogP contribution < -0.4 is 10.9 Å². The van der Waals surface area contributed by atoms with Gasteiger partial charge in [0.15, 0.2) is 5.16 Å². The number of amides is 1. The number of fused-ring (bicyclic) bond motifs is 3. The van der Waals surface area contributed by atoms with Crippen molar-refractivity contribution in [1.82, 2.24) is 14.9 Å². The second kappa shape index (κ2) is 8.82. The topological polar surface area (TPSA) is 77.1 Å². The van der Waals surface area contributed by atoms with Gasteiger partial charge in [-0.15, -0.1) is 11.3 Å². The summed E-state index contributed by atoms with van der Waals surface area (Å²) in [5, 5.41) is 4.36. The van der Waals surface area contributed by atoms with Crippen LogP contribution in [0.3, 0.4) is 0 Å². The number of carbonyl (C=O) groups excluding carboxylic acids is 1. The summed E-state index contributed by atoms with van der Waals surface area (Å²) >= 11 is 2.94. The number of hydrogen-bond acceptors (Lipinski definition) is 6. The first-order chi connectivity index (χ1) is 14.8. The number of furan rings is 1. The van der Waals surface area contributed by atoms with Gasteiger partial charge in [-0.25, -0.2) is 4.98 Å². The number of hydrogen-bond donors (Lipinski definition) is 1. The van der Waals surface area contributed by atoms with Crippen molar-refractivity contribution in [3.63, 3.8) is 0 Å². The van der Waals surface area contributed by atoms with Gasteiger partial charge in [0.1, 0.15) is 10.6 Å². The van der Waals surface area contributed by atoms with Crippen LogP contribution in [0.4, 0.5) is 0 Å². The summed E-state index contributed by atoms with van der Waals surface area (Å²) in [6.07, 6.45) is 5.48. The predicted molar refractivity (Wildman–Crippen MR) is 126 cm³/mol. The van der Waals surface area contributed by atoms with Gasteiger partial charge in [0, 0.05) is 10.4 Å². The Morgan fingerprint density at radius 1 is 1.45 bits per heavy atom. The molecule has 1 aliphatic rings. The maximum absolute atomic E-state index is 13.6. The van der Waals surface area contributed by atoms with Gasteiger partial charge < -0.3 is 9.73 Å². The van der Waals surface area contributed by atoms with Crippen LogP contribution in [0, 0.1) is 5.92 Å². The molecule has 0 radical (unpaired) electrons. The van der Waals surface area contributed by atoms with E-state index in [-0.39, 0.29) is 22.8 Å². The zero-order valence-corrected chi connectivity index (χ0v) is 20.1. The first-order valence-corrected chi connectivity index (χ1v) is 12.6. The van der Waals surface area contributed by atoms with Gasteiger partial charge in [0.25, 0.3) is 5.56 Å². The highest BCUT2D eigenvalue weighted by molar-refractivity contribution is 7.99. The minimum absolute atomic E-state index is 0.0368. The van der Waals surface area contributed by atoms with Crippen molar-refractivity contribution >= 4 is 39.2 Å². The largest absolute Gasteiger partial charge is 0.467 e. The van der Waals surface area contributed by atoms with Crippen molar-refractivity contribution in [2.75, 3.05) is 5.75 Å². The Hall–Kier alpha value is -2.06. The standard InChI is InChI=1S/C23H29N3O3S2/c1-5-23(3,4)25-18(27)13-30-22-24-20-19(16-9-8-14(2)11-17(16)31-20)21(28)26(22)12-15-7-6-10-29-15/h6-7,10,14H,5,8-9,11-13H2,1-4H3,(H,25,27). The lowest BCUT2D eigenvalue weighted by Gasteiger charge is -2.24. The predicted octanol–water partition coefficient (Wildman–Crippen LogP) is 4.62. The van der Waals surface area contributed by atoms with Crippen molar-refractivity contribution in [3.05, 3.63) is 45.0 Å². The monoisotopic (exact) mass is 459 g/mol. The quantitative estimate of drug-likeness (QED) is 0.412. The van der Waals surface area contributed by atoms with Crippen LogP contribution in [0.15, 0.2) is 32.8 Å². The highest BCUT2D eigenvalue weighted by Crippen LogP contribution is 2.36. The van der Waals surface area contributed by atoms with E-state index in [0.29, 0.717) is 23.4 Å². The number of aromatic nitrogens is 2. The Bertz CT molecular complexity index is 1150. The van der Waals surface area contributed by atoms with Gasteiger partial charge in [-0.05, 0) is 63.1 Å². The van der Waals surface area contributed by atoms with Crippen LogP contribution in [0.2, 0.25) is 0 Å². The molecular weight excluding hydrogens is 430 g/mol. The number of thiophene rings is 1. The smallest absolute Gasteiger partial charge is 0.263 e. The summed E-state index contributed by atoms with van der Waals surface area (Å²) < 4.78 is 7.16. The molecule has 3 aromatic heterocycles. The second-order valence-corrected chi connectivity index (χ2v) is 11.0. The molecule has 6 nitrogen and oxygen atoms in total. The van der Waals surface area contributed by atoms with Crippen molar-refractivity contribution in [1.29, 1.82) is 0 Å². The Kier molecular flexibility index (Phi) is 6.30. The van der Waals surface area contributed by atoms with E-state index in [0.717, 1.165) is 35.9 Å². The molecular formula is C23H29N3O3S2. The maximum Gasteiger partial charge on any atom is 0.263 e. The van der Waals surface area contributed by atoms with E-state index >= 15 is 0 Å². The summed E-state index contributed by atoms with van der Waals surface area (Å²) in [5.41, 5.74) is 0.875. The molecule has 0 aromatic carbocycles. The Balaban J connectivity index is 1.70. The maximum atomic E-state index is 13.6. The van der Waals surface area contributed by atoms with Crippen molar-refractivity contribution in [3.8, 4) is 0 Å². The van der Waals surface area contributed by atoms with E-state index in [1.54, 1.807) is 22.2 Å². The normalized spacial score (nSPS) is 16.5. The van der Waals surface area contributed by atoms with Crippen LogP contribution in [-0.4, -0.2) is 26.8 Å². The van der Waals surface area contributed by atoms with Gasteiger partial charge in [-0.3, -0.25) is 14.2 Å². The molecule has 3 aromatic rings. The molecule has 0 fully saturated rings. The summed E-state index contributed by atoms with van der Waals surface area (Å²) in [6.45, 7) is 8.62. The van der Waals surface area contributed by atoms with E-state index in [2.05, 4.69) is 12.2 Å². The second-order valence-electron chi connectivity index (χ2n) is 8.97. The van der Waals surface area contributed by atoms with Crippen LogP contribution in [-0.2, 0) is 24.2 Å². The van der Waals surface area contributed by atoms with Crippen LogP contribution in [0.25, 0.3) is 10.2 Å². The lowest BCUT2D eigenvalue weighted by molar-refractivity contribution is -0.120. The van der Waals surface area contributed by atoms with E-state index in [1.165, 1.54) is 22.2 Å². The number of rotatable bonds is 7. The highest BCUT2D eigenvalue weighted by atomic mass is 32.2. The van der Waals surface area contributed by atoms with Crippen LogP contribution >= 0.6 is 23.1 Å². The Morgan fingerprint density at radius 3 is 2.97 bits per heavy atom. The zero-order valence-electron chi connectivity index (χ0n) is 18.5. The number of aryl methyl sites for hydroxylation is 1. The van der Waals surface area contributed by atoms with Crippen molar-refractivity contribution < 1.29 is 9.21 Å². The molecule has 3 heterocycles. The molecule has 1 amide bonds. The number of thioether (sulfide) groups is 1. The molecule has 1 unspecified atom stereocenters. The molecule has 1 atom stereocenters. The van der Waals surface area contributed by atoms with Gasteiger partial charge >= 0.3 is 0 Å². The summed E-state index contributed by atoms with van der Waals surface area (Å²) in [4.78, 5) is 33.0. The van der Waals surface area contributed by atoms with Crippen LogP contribution in [0.1, 0.15) is 56.7 Å². The average Bonchev–Trinajstić information content (AvgIpc) is 3.35. The van der Waals surface area contributed by atoms with E-state index in [9.17, 15) is 9.59 Å². The summed E-state index contributed by atoms with van der Waals surface area (Å²) in [5.74, 6) is 1.47. The molecule has 0 spiro atoms. The van der Waals surface area contributed by atoms with Gasteiger partial charge in [0.05, 0.1) is 23.9 Å². The zero-order chi connectivity index (χ0) is 22.2. The first-order valence-electron chi connectivity index (χ1n) is 10.8. The third kappa shape index (κ3) is 4.75. The van der Waals surface area contributed by atoms with E-state index in [4.69, 9.17) is 9.40 Å². The van der Waals surface area contributed by atoms with Gasteiger partial charge in [-0.1, -0.05) is 25.6 Å². The minimum atomic E-state index is -0.258. The Labute approximate surface area is 190 Å². The molecule has 0 saturated heterocycles. The van der Waals surface area contributed by atoms with Crippen molar-refractivity contribution in [2.24, 2.45) is 5.92 Å². The molecule has 8 heteroatoms. The number of nitrogens with one attached hydrogen (secondary N) is 1. The number of nitrogens with zero attached hydrogens (tertiary/aromatic N) is 2. The third-order valence-electron chi connectivity index (χ3n) is 5.97. The molecule has 1 aliphatic carbocycles. The van der Waals surface area contributed by atoms with Crippen molar-refractivity contribution in [2.45, 2.75) is 70.6 Å². The molecule has 166 valence electrons. The fourth-order valence-corrected chi connectivity index (χ4v) is 6.07. The molecule has 0 saturated carbocycles. The highest BCUT2D eigenvalue weighted by Gasteiger charge is 2.25. The van der Waals surface area contributed by atoms with E-state index in [1.807, 2.05) is 32.9 Å². The van der Waals surface area contributed by atoms with Gasteiger partial charge in [0.2, 0.25) is 5.91 Å². The SMILES string of the molecule is CCC(C)(C)NC(=O)CSc1nc2sc3c(c2c(=O)n1Cc1ccco1)CCC(C)C3. The molecule has 0 aliphatic heterocycles. The average molecular weight is 460 g/mol. The summed E-state index contributed by atoms with van der Waals surface area (Å²) in [6, 6.07) is 3.67. The van der Waals surface area contributed by atoms with Gasteiger partial charge in [-0.2, -0.15) is 0 Å². The third-order valence-corrected chi connectivity index (χ3v) is 8.09. The molecule has 0 bridgehead atoms. The lowest BCUT2D eigenvalue weighted by Crippen LogP contribution is -2.43.